The number of ether oxygens (including phenoxy) is 1. The molecule has 0 spiro atoms. The van der Waals surface area contributed by atoms with E-state index in [0.29, 0.717) is 11.9 Å². The van der Waals surface area contributed by atoms with Crippen LogP contribution >= 0.6 is 11.6 Å². The van der Waals surface area contributed by atoms with Gasteiger partial charge >= 0.3 is 0 Å². The molecule has 0 radical (unpaired) electrons. The van der Waals surface area contributed by atoms with Crippen LogP contribution in [-0.2, 0) is 4.74 Å². The molecule has 7 heteroatoms. The van der Waals surface area contributed by atoms with Gasteiger partial charge in [0.15, 0.2) is 0 Å². The molecule has 94 valence electrons. The van der Waals surface area contributed by atoms with Gasteiger partial charge in [0.2, 0.25) is 17.2 Å². The lowest BCUT2D eigenvalue weighted by molar-refractivity contribution is 0.0575. The van der Waals surface area contributed by atoms with Gasteiger partial charge in [-0.1, -0.05) is 0 Å². The maximum Gasteiger partial charge on any atom is 0.231 e. The van der Waals surface area contributed by atoms with Crippen molar-refractivity contribution in [3.8, 4) is 0 Å². The summed E-state index contributed by atoms with van der Waals surface area (Å²) in [6.45, 7) is 2.49. The number of halogens is 1. The number of aromatic nitrogens is 3. The van der Waals surface area contributed by atoms with Crippen LogP contribution in [0.15, 0.2) is 0 Å². The van der Waals surface area contributed by atoms with E-state index in [1.807, 2.05) is 11.9 Å². The van der Waals surface area contributed by atoms with E-state index in [9.17, 15) is 0 Å². The molecule has 2 heterocycles. The minimum absolute atomic E-state index is 0.124. The van der Waals surface area contributed by atoms with Gasteiger partial charge in [-0.25, -0.2) is 0 Å². The Morgan fingerprint density at radius 3 is 2.94 bits per heavy atom. The molecule has 1 atom stereocenters. The van der Waals surface area contributed by atoms with Gasteiger partial charge in [-0.3, -0.25) is 0 Å². The third-order valence-electron chi connectivity index (χ3n) is 2.74. The Kier molecular flexibility index (Phi) is 3.96. The van der Waals surface area contributed by atoms with E-state index in [1.165, 1.54) is 6.42 Å². The Labute approximate surface area is 105 Å². The maximum absolute atomic E-state index is 5.74. The molecule has 6 nitrogen and oxygen atoms in total. The van der Waals surface area contributed by atoms with Crippen molar-refractivity contribution in [2.24, 2.45) is 5.92 Å². The fourth-order valence-electron chi connectivity index (χ4n) is 1.95. The van der Waals surface area contributed by atoms with E-state index in [4.69, 9.17) is 22.1 Å². The Hall–Kier alpha value is -1.14. The van der Waals surface area contributed by atoms with E-state index in [-0.39, 0.29) is 11.2 Å². The monoisotopic (exact) mass is 257 g/mol. The lowest BCUT2D eigenvalue weighted by Gasteiger charge is -2.27. The molecular formula is C10H16ClN5O. The van der Waals surface area contributed by atoms with Crippen LogP contribution in [0.2, 0.25) is 5.28 Å². The van der Waals surface area contributed by atoms with Crippen molar-refractivity contribution in [2.75, 3.05) is 37.4 Å². The zero-order valence-electron chi connectivity index (χ0n) is 9.77. The van der Waals surface area contributed by atoms with Crippen molar-refractivity contribution in [1.82, 2.24) is 15.0 Å². The first-order valence-corrected chi connectivity index (χ1v) is 5.99. The quantitative estimate of drug-likeness (QED) is 0.870. The van der Waals surface area contributed by atoms with Gasteiger partial charge in [0.05, 0.1) is 6.61 Å². The van der Waals surface area contributed by atoms with Crippen LogP contribution in [0, 0.1) is 5.92 Å². The van der Waals surface area contributed by atoms with Crippen molar-refractivity contribution < 1.29 is 4.74 Å². The number of nitrogens with zero attached hydrogens (tertiary/aromatic N) is 4. The number of hydrogen-bond donors (Lipinski definition) is 1. The number of anilines is 2. The second-order valence-corrected chi connectivity index (χ2v) is 4.56. The van der Waals surface area contributed by atoms with Crippen LogP contribution in [0.25, 0.3) is 0 Å². The summed E-state index contributed by atoms with van der Waals surface area (Å²) in [5.74, 6) is 1.16. The molecule has 2 rings (SSSR count). The smallest absolute Gasteiger partial charge is 0.231 e. The normalized spacial score (nSPS) is 20.2. The third kappa shape index (κ3) is 3.41. The van der Waals surface area contributed by atoms with Gasteiger partial charge in [0.1, 0.15) is 0 Å². The zero-order chi connectivity index (χ0) is 12.3. The number of nitrogen functional groups attached to an aromatic ring is 1. The average Bonchev–Trinajstić information content (AvgIpc) is 2.29. The van der Waals surface area contributed by atoms with E-state index >= 15 is 0 Å². The molecule has 2 N–H and O–H groups in total. The van der Waals surface area contributed by atoms with Crippen LogP contribution < -0.4 is 10.6 Å². The lowest BCUT2D eigenvalue weighted by Crippen LogP contribution is -2.32. The molecule has 0 saturated carbocycles. The third-order valence-corrected chi connectivity index (χ3v) is 2.91. The predicted octanol–water partition coefficient (Wildman–Crippen LogP) is 0.970. The van der Waals surface area contributed by atoms with Gasteiger partial charge in [0, 0.05) is 20.2 Å². The Morgan fingerprint density at radius 2 is 2.29 bits per heavy atom. The molecule has 0 bridgehead atoms. The largest absolute Gasteiger partial charge is 0.381 e. The summed E-state index contributed by atoms with van der Waals surface area (Å²) in [6, 6.07) is 0. The van der Waals surface area contributed by atoms with Crippen LogP contribution in [0.3, 0.4) is 0 Å². The van der Waals surface area contributed by atoms with E-state index < -0.39 is 0 Å². The maximum atomic E-state index is 5.74. The van der Waals surface area contributed by atoms with Gasteiger partial charge in [-0.2, -0.15) is 15.0 Å². The van der Waals surface area contributed by atoms with Crippen LogP contribution in [0.5, 0.6) is 0 Å². The summed E-state index contributed by atoms with van der Waals surface area (Å²) >= 11 is 5.74. The highest BCUT2D eigenvalue weighted by Crippen LogP contribution is 2.17. The lowest BCUT2D eigenvalue weighted by atomic mass is 10.0. The van der Waals surface area contributed by atoms with E-state index in [1.54, 1.807) is 0 Å². The highest BCUT2D eigenvalue weighted by molar-refractivity contribution is 6.28. The Bertz CT molecular complexity index is 363. The average molecular weight is 258 g/mol. The minimum Gasteiger partial charge on any atom is -0.381 e. The van der Waals surface area contributed by atoms with Crippen molar-refractivity contribution in [1.29, 1.82) is 0 Å². The first kappa shape index (κ1) is 12.3. The van der Waals surface area contributed by atoms with Gasteiger partial charge in [-0.15, -0.1) is 0 Å². The highest BCUT2D eigenvalue weighted by Gasteiger charge is 2.17. The first-order chi connectivity index (χ1) is 8.15. The summed E-state index contributed by atoms with van der Waals surface area (Å²) in [4.78, 5) is 13.8. The molecule has 0 amide bonds. The van der Waals surface area contributed by atoms with Gasteiger partial charge in [0.25, 0.3) is 0 Å². The van der Waals surface area contributed by atoms with Crippen molar-refractivity contribution in [2.45, 2.75) is 12.8 Å². The van der Waals surface area contributed by atoms with Crippen LogP contribution in [-0.4, -0.2) is 41.8 Å². The summed E-state index contributed by atoms with van der Waals surface area (Å²) in [5.41, 5.74) is 5.53. The highest BCUT2D eigenvalue weighted by atomic mass is 35.5. The molecule has 1 aromatic heterocycles. The molecular weight excluding hydrogens is 242 g/mol. The standard InChI is InChI=1S/C10H16ClN5O/c1-16(5-7-3-2-4-17-6-7)10-14-8(11)13-9(12)15-10/h7H,2-6H2,1H3,(H2,12,13,14,15). The summed E-state index contributed by atoms with van der Waals surface area (Å²) in [6.07, 6.45) is 2.28. The topological polar surface area (TPSA) is 77.2 Å². The summed E-state index contributed by atoms with van der Waals surface area (Å²) < 4.78 is 5.44. The number of hydrogen-bond acceptors (Lipinski definition) is 6. The van der Waals surface area contributed by atoms with Gasteiger partial charge in [-0.05, 0) is 30.4 Å². The molecule has 0 aliphatic carbocycles. The molecule has 1 saturated heterocycles. The van der Waals surface area contributed by atoms with Crippen LogP contribution in [0.1, 0.15) is 12.8 Å². The minimum atomic E-state index is 0.124. The first-order valence-electron chi connectivity index (χ1n) is 5.61. The molecule has 0 aromatic carbocycles. The number of rotatable bonds is 3. The molecule has 1 aliphatic heterocycles. The van der Waals surface area contributed by atoms with E-state index in [2.05, 4.69) is 15.0 Å². The SMILES string of the molecule is CN(CC1CCCOC1)c1nc(N)nc(Cl)n1. The molecule has 1 aliphatic rings. The second kappa shape index (κ2) is 5.46. The number of nitrogens with two attached hydrogens (primary N) is 1. The zero-order valence-corrected chi connectivity index (χ0v) is 10.5. The molecule has 1 aromatic rings. The molecule has 1 fully saturated rings. The predicted molar refractivity (Wildman–Crippen MR) is 66.1 cm³/mol. The summed E-state index contributed by atoms with van der Waals surface area (Å²) in [5, 5.41) is 0.124. The fraction of sp³-hybridized carbons (Fsp3) is 0.700. The van der Waals surface area contributed by atoms with Crippen molar-refractivity contribution in [3.63, 3.8) is 0 Å². The van der Waals surface area contributed by atoms with Crippen molar-refractivity contribution >= 4 is 23.5 Å². The fourth-order valence-corrected chi connectivity index (χ4v) is 2.11. The Balaban J connectivity index is 2.00. The Morgan fingerprint density at radius 1 is 1.47 bits per heavy atom. The van der Waals surface area contributed by atoms with Gasteiger partial charge < -0.3 is 15.4 Å². The summed E-state index contributed by atoms with van der Waals surface area (Å²) in [7, 11) is 1.92. The second-order valence-electron chi connectivity index (χ2n) is 4.23. The molecule has 17 heavy (non-hydrogen) atoms. The molecule has 1 unspecified atom stereocenters. The van der Waals surface area contributed by atoms with Crippen molar-refractivity contribution in [3.05, 3.63) is 5.28 Å². The van der Waals surface area contributed by atoms with E-state index in [0.717, 1.165) is 26.2 Å². The van der Waals surface area contributed by atoms with Crippen LogP contribution in [0.4, 0.5) is 11.9 Å².